The Morgan fingerprint density at radius 1 is 0.700 bits per heavy atom. The van der Waals surface area contributed by atoms with Crippen LogP contribution in [0.3, 0.4) is 0 Å². The van der Waals surface area contributed by atoms with E-state index in [1.54, 1.807) is 12.1 Å². The number of benzene rings is 3. The van der Waals surface area contributed by atoms with Crippen molar-refractivity contribution in [2.75, 3.05) is 0 Å². The topological polar surface area (TPSA) is 144 Å². The van der Waals surface area contributed by atoms with Crippen molar-refractivity contribution in [1.82, 2.24) is 0 Å². The standard InChI is InChI=1S/C18H12Cl2N4O5S/c19-10-1-6-14(13(20)7-10)22-24-16-8-15(17(25)9-18(16)26)23-21-11-2-4-12(5-3-11)30(27,28)29/h1-9,25-26H,(H,27,28,29). The van der Waals surface area contributed by atoms with Gasteiger partial charge in [0.05, 0.1) is 15.6 Å². The van der Waals surface area contributed by atoms with Crippen molar-refractivity contribution in [3.63, 3.8) is 0 Å². The summed E-state index contributed by atoms with van der Waals surface area (Å²) in [7, 11) is -4.32. The van der Waals surface area contributed by atoms with Crippen molar-refractivity contribution >= 4 is 56.1 Å². The average Bonchev–Trinajstić information content (AvgIpc) is 2.67. The lowest BCUT2D eigenvalue weighted by atomic mass is 10.2. The minimum absolute atomic E-state index is 0.00510. The van der Waals surface area contributed by atoms with E-state index in [2.05, 4.69) is 20.5 Å². The molecule has 0 heterocycles. The van der Waals surface area contributed by atoms with Crippen LogP contribution in [0, 0.1) is 0 Å². The molecule has 3 rings (SSSR count). The summed E-state index contributed by atoms with van der Waals surface area (Å²) in [4.78, 5) is -0.294. The summed E-state index contributed by atoms with van der Waals surface area (Å²) in [5.41, 5.74) is 0.541. The highest BCUT2D eigenvalue weighted by atomic mass is 35.5. The third kappa shape index (κ3) is 5.30. The lowest BCUT2D eigenvalue weighted by Crippen LogP contribution is -1.96. The first kappa shape index (κ1) is 21.7. The molecule has 0 saturated carbocycles. The van der Waals surface area contributed by atoms with Gasteiger partial charge in [-0.1, -0.05) is 23.2 Å². The lowest BCUT2D eigenvalue weighted by Gasteiger charge is -2.03. The summed E-state index contributed by atoms with van der Waals surface area (Å²) in [6.45, 7) is 0. The van der Waals surface area contributed by atoms with Gasteiger partial charge in [-0.2, -0.15) is 13.5 Å². The van der Waals surface area contributed by atoms with Crippen LogP contribution in [0.2, 0.25) is 10.0 Å². The maximum Gasteiger partial charge on any atom is 0.294 e. The Bertz CT molecular complexity index is 1260. The van der Waals surface area contributed by atoms with Gasteiger partial charge in [0.25, 0.3) is 10.1 Å². The molecular formula is C18H12Cl2N4O5S. The van der Waals surface area contributed by atoms with Gasteiger partial charge in [0, 0.05) is 17.2 Å². The third-order valence-electron chi connectivity index (χ3n) is 3.65. The molecular weight excluding hydrogens is 455 g/mol. The molecule has 0 aliphatic carbocycles. The molecule has 9 nitrogen and oxygen atoms in total. The Labute approximate surface area is 180 Å². The first-order valence-corrected chi connectivity index (χ1v) is 10.2. The second-order valence-corrected chi connectivity index (χ2v) is 8.06. The minimum Gasteiger partial charge on any atom is -0.505 e. The molecule has 3 aromatic carbocycles. The highest BCUT2D eigenvalue weighted by molar-refractivity contribution is 7.85. The van der Waals surface area contributed by atoms with Crippen molar-refractivity contribution in [3.8, 4) is 11.5 Å². The largest absolute Gasteiger partial charge is 0.505 e. The quantitative estimate of drug-likeness (QED) is 0.290. The van der Waals surface area contributed by atoms with E-state index < -0.39 is 10.1 Å². The fourth-order valence-corrected chi connectivity index (χ4v) is 3.11. The van der Waals surface area contributed by atoms with Crippen LogP contribution in [-0.4, -0.2) is 23.2 Å². The van der Waals surface area contributed by atoms with Gasteiger partial charge in [0.1, 0.15) is 28.6 Å². The van der Waals surface area contributed by atoms with Crippen LogP contribution in [0.4, 0.5) is 22.7 Å². The Kier molecular flexibility index (Phi) is 6.32. The smallest absolute Gasteiger partial charge is 0.294 e. The molecule has 0 aliphatic rings. The number of hydrogen-bond acceptors (Lipinski definition) is 8. The molecule has 0 atom stereocenters. The zero-order chi connectivity index (χ0) is 21.9. The minimum atomic E-state index is -4.32. The van der Waals surface area contributed by atoms with E-state index in [0.717, 1.165) is 18.2 Å². The SMILES string of the molecule is O=S(=O)(O)c1ccc(N=Nc2cc(N=Nc3ccc(Cl)cc3Cl)c(O)cc2O)cc1. The number of rotatable bonds is 5. The molecule has 0 radical (unpaired) electrons. The third-order valence-corrected chi connectivity index (χ3v) is 5.06. The highest BCUT2D eigenvalue weighted by Gasteiger charge is 2.10. The number of nitrogens with zero attached hydrogens (tertiary/aromatic N) is 4. The van der Waals surface area contributed by atoms with Crippen LogP contribution in [0.5, 0.6) is 11.5 Å². The van der Waals surface area contributed by atoms with Gasteiger partial charge in [0.2, 0.25) is 0 Å². The normalized spacial score (nSPS) is 12.1. The van der Waals surface area contributed by atoms with Gasteiger partial charge in [0.15, 0.2) is 0 Å². The van der Waals surface area contributed by atoms with Crippen LogP contribution in [0.1, 0.15) is 0 Å². The van der Waals surface area contributed by atoms with Crippen LogP contribution in [0.25, 0.3) is 0 Å². The maximum atomic E-state index is 11.0. The van der Waals surface area contributed by atoms with Gasteiger partial charge in [-0.25, -0.2) is 0 Å². The molecule has 0 bridgehead atoms. The van der Waals surface area contributed by atoms with E-state index >= 15 is 0 Å². The molecule has 0 fully saturated rings. The molecule has 154 valence electrons. The summed E-state index contributed by atoms with van der Waals surface area (Å²) >= 11 is 11.8. The monoisotopic (exact) mass is 466 g/mol. The van der Waals surface area contributed by atoms with Crippen LogP contribution in [-0.2, 0) is 10.1 Å². The van der Waals surface area contributed by atoms with Crippen LogP contribution < -0.4 is 0 Å². The molecule has 0 amide bonds. The Morgan fingerprint density at radius 2 is 1.27 bits per heavy atom. The van der Waals surface area contributed by atoms with Gasteiger partial charge in [-0.3, -0.25) is 4.55 Å². The van der Waals surface area contributed by atoms with Crippen LogP contribution >= 0.6 is 23.2 Å². The van der Waals surface area contributed by atoms with Crippen LogP contribution in [0.15, 0.2) is 79.9 Å². The van der Waals surface area contributed by atoms with Gasteiger partial charge >= 0.3 is 0 Å². The number of hydrogen-bond donors (Lipinski definition) is 3. The van der Waals surface area contributed by atoms with E-state index in [0.29, 0.717) is 10.7 Å². The summed E-state index contributed by atoms with van der Waals surface area (Å²) in [5, 5.41) is 36.2. The van der Waals surface area contributed by atoms with Crippen molar-refractivity contribution in [2.24, 2.45) is 20.5 Å². The zero-order valence-corrected chi connectivity index (χ0v) is 17.1. The van der Waals surface area contributed by atoms with Gasteiger partial charge < -0.3 is 10.2 Å². The summed E-state index contributed by atoms with van der Waals surface area (Å²) in [6.07, 6.45) is 0. The molecule has 30 heavy (non-hydrogen) atoms. The van der Waals surface area contributed by atoms with E-state index in [9.17, 15) is 18.6 Å². The molecule has 3 aromatic rings. The first-order chi connectivity index (χ1) is 14.1. The zero-order valence-electron chi connectivity index (χ0n) is 14.8. The highest BCUT2D eigenvalue weighted by Crippen LogP contribution is 2.40. The molecule has 12 heteroatoms. The van der Waals surface area contributed by atoms with E-state index in [1.807, 2.05) is 0 Å². The molecule has 0 aromatic heterocycles. The van der Waals surface area contributed by atoms with Crippen molar-refractivity contribution in [2.45, 2.75) is 4.90 Å². The first-order valence-electron chi connectivity index (χ1n) is 8.05. The fraction of sp³-hybridized carbons (Fsp3) is 0. The van der Waals surface area contributed by atoms with E-state index in [-0.39, 0.29) is 38.5 Å². The molecule has 0 aliphatic heterocycles. The van der Waals surface area contributed by atoms with Crippen molar-refractivity contribution in [1.29, 1.82) is 0 Å². The fourth-order valence-electron chi connectivity index (χ4n) is 2.18. The van der Waals surface area contributed by atoms with Gasteiger partial charge in [-0.15, -0.1) is 15.3 Å². The molecule has 3 N–H and O–H groups in total. The second kappa shape index (κ2) is 8.76. The Balaban J connectivity index is 1.87. The average molecular weight is 467 g/mol. The number of halogens is 2. The molecule has 0 spiro atoms. The van der Waals surface area contributed by atoms with Crippen molar-refractivity contribution in [3.05, 3.63) is 64.6 Å². The number of phenolic OH excluding ortho intramolecular Hbond substituents is 2. The van der Waals surface area contributed by atoms with Gasteiger partial charge in [-0.05, 0) is 42.5 Å². The lowest BCUT2D eigenvalue weighted by molar-refractivity contribution is 0.452. The predicted octanol–water partition coefficient (Wildman–Crippen LogP) is 6.48. The van der Waals surface area contributed by atoms with Crippen molar-refractivity contribution < 1.29 is 23.2 Å². The summed E-state index contributed by atoms with van der Waals surface area (Å²) < 4.78 is 31.1. The number of azo groups is 2. The number of phenols is 2. The predicted molar refractivity (Wildman–Crippen MR) is 111 cm³/mol. The molecule has 0 unspecified atom stereocenters. The summed E-state index contributed by atoms with van der Waals surface area (Å²) in [5.74, 6) is -0.716. The number of aromatic hydroxyl groups is 2. The maximum absolute atomic E-state index is 11.0. The van der Waals surface area contributed by atoms with E-state index in [1.165, 1.54) is 24.3 Å². The van der Waals surface area contributed by atoms with E-state index in [4.69, 9.17) is 27.8 Å². The Hall–Kier alpha value is -3.05. The summed E-state index contributed by atoms with van der Waals surface area (Å²) in [6, 6.07) is 11.8. The second-order valence-electron chi connectivity index (χ2n) is 5.79. The Morgan fingerprint density at radius 3 is 1.83 bits per heavy atom. The molecule has 0 saturated heterocycles.